The number of H-pyrrole nitrogens is 1. The number of hydrogen-bond donors (Lipinski definition) is 1. The van der Waals surface area contributed by atoms with E-state index < -0.39 is 0 Å². The van der Waals surface area contributed by atoms with E-state index in [-0.39, 0.29) is 0 Å². The summed E-state index contributed by atoms with van der Waals surface area (Å²) in [5.74, 6) is 1.60. The summed E-state index contributed by atoms with van der Waals surface area (Å²) in [5, 5.41) is 5.27. The summed E-state index contributed by atoms with van der Waals surface area (Å²) in [6.07, 6.45) is 7.06. The molecule has 0 saturated carbocycles. The lowest BCUT2D eigenvalue weighted by Crippen LogP contribution is -2.34. The predicted octanol–water partition coefficient (Wildman–Crippen LogP) is 2.74. The van der Waals surface area contributed by atoms with Crippen molar-refractivity contribution in [2.45, 2.75) is 38.6 Å². The van der Waals surface area contributed by atoms with Crippen LogP contribution in [0, 0.1) is 0 Å². The van der Waals surface area contributed by atoms with Crippen LogP contribution < -0.4 is 0 Å². The van der Waals surface area contributed by atoms with Crippen molar-refractivity contribution in [1.82, 2.24) is 24.6 Å². The molecule has 2 aromatic heterocycles. The molecule has 1 saturated heterocycles. The number of aryl methyl sites for hydroxylation is 2. The molecule has 1 aliphatic heterocycles. The highest BCUT2D eigenvalue weighted by Gasteiger charge is 2.25. The Morgan fingerprint density at radius 3 is 3.05 bits per heavy atom. The maximum Gasteiger partial charge on any atom is 0.131 e. The predicted molar refractivity (Wildman–Crippen MR) is 83.4 cm³/mol. The largest absolute Gasteiger partial charge is 0.348 e. The summed E-state index contributed by atoms with van der Waals surface area (Å²) in [5.41, 5.74) is 2.30. The Bertz CT molecular complexity index is 589. The van der Waals surface area contributed by atoms with Crippen molar-refractivity contribution < 1.29 is 0 Å². The van der Waals surface area contributed by atoms with Crippen LogP contribution in [0.15, 0.2) is 12.4 Å². The molecule has 3 heterocycles. The Morgan fingerprint density at radius 2 is 2.33 bits per heavy atom. The second kappa shape index (κ2) is 6.20. The molecule has 2 aromatic rings. The van der Waals surface area contributed by atoms with Gasteiger partial charge in [0.05, 0.1) is 5.69 Å². The zero-order valence-corrected chi connectivity index (χ0v) is 13.4. The molecule has 0 aliphatic carbocycles. The summed E-state index contributed by atoms with van der Waals surface area (Å²) in [6.45, 7) is 5.16. The number of hydrogen-bond acceptors (Lipinski definition) is 3. The van der Waals surface area contributed by atoms with E-state index in [9.17, 15) is 0 Å². The van der Waals surface area contributed by atoms with Crippen LogP contribution in [0.3, 0.4) is 0 Å². The summed E-state index contributed by atoms with van der Waals surface area (Å²) in [7, 11) is 1.91. The number of piperidine rings is 1. The van der Waals surface area contributed by atoms with Crippen molar-refractivity contribution in [3.05, 3.63) is 34.6 Å². The molecule has 1 unspecified atom stereocenters. The lowest BCUT2D eigenvalue weighted by molar-refractivity contribution is 0.196. The monoisotopic (exact) mass is 307 g/mol. The van der Waals surface area contributed by atoms with Gasteiger partial charge < -0.3 is 4.98 Å². The van der Waals surface area contributed by atoms with Gasteiger partial charge in [0.1, 0.15) is 11.0 Å². The molecule has 3 rings (SSSR count). The number of rotatable bonds is 4. The molecule has 114 valence electrons. The smallest absolute Gasteiger partial charge is 0.131 e. The van der Waals surface area contributed by atoms with Crippen LogP contribution in [0.25, 0.3) is 0 Å². The number of likely N-dealkylation sites (tertiary alicyclic amines) is 1. The molecule has 0 amide bonds. The van der Waals surface area contributed by atoms with Crippen molar-refractivity contribution in [3.8, 4) is 0 Å². The van der Waals surface area contributed by atoms with E-state index in [1.165, 1.54) is 18.4 Å². The highest BCUT2D eigenvalue weighted by atomic mass is 35.5. The first-order valence-electron chi connectivity index (χ1n) is 7.61. The molecule has 1 atom stereocenters. The minimum atomic E-state index is 0.495. The fraction of sp³-hybridized carbons (Fsp3) is 0.600. The quantitative estimate of drug-likeness (QED) is 0.945. The van der Waals surface area contributed by atoms with Crippen LogP contribution in [0.5, 0.6) is 0 Å². The zero-order valence-electron chi connectivity index (χ0n) is 12.6. The Hall–Kier alpha value is -1.33. The summed E-state index contributed by atoms with van der Waals surface area (Å²) in [4.78, 5) is 10.1. The van der Waals surface area contributed by atoms with Gasteiger partial charge in [-0.1, -0.05) is 18.5 Å². The normalized spacial score (nSPS) is 20.0. The van der Waals surface area contributed by atoms with Gasteiger partial charge in [-0.2, -0.15) is 5.10 Å². The number of nitrogens with one attached hydrogen (secondary N) is 1. The van der Waals surface area contributed by atoms with Crippen LogP contribution in [0.2, 0.25) is 5.15 Å². The minimum Gasteiger partial charge on any atom is -0.348 e. The van der Waals surface area contributed by atoms with Gasteiger partial charge in [-0.15, -0.1) is 0 Å². The third kappa shape index (κ3) is 2.99. The van der Waals surface area contributed by atoms with Gasteiger partial charge >= 0.3 is 0 Å². The molecule has 5 nitrogen and oxygen atoms in total. The topological polar surface area (TPSA) is 49.7 Å². The molecule has 1 aliphatic rings. The van der Waals surface area contributed by atoms with Gasteiger partial charge in [-0.3, -0.25) is 9.58 Å². The number of halogens is 1. The second-order valence-electron chi connectivity index (χ2n) is 5.74. The van der Waals surface area contributed by atoms with Crippen LogP contribution in [0.1, 0.15) is 42.8 Å². The van der Waals surface area contributed by atoms with Gasteiger partial charge in [0.15, 0.2) is 0 Å². The number of aromatic amines is 1. The Kier molecular flexibility index (Phi) is 4.31. The first kappa shape index (κ1) is 14.6. The van der Waals surface area contributed by atoms with Crippen molar-refractivity contribution in [1.29, 1.82) is 0 Å². The van der Waals surface area contributed by atoms with Crippen molar-refractivity contribution in [2.75, 3.05) is 13.1 Å². The minimum absolute atomic E-state index is 0.495. The van der Waals surface area contributed by atoms with Gasteiger partial charge in [-0.25, -0.2) is 4.98 Å². The maximum atomic E-state index is 6.40. The van der Waals surface area contributed by atoms with Gasteiger partial charge in [-0.05, 0) is 25.8 Å². The first-order valence-corrected chi connectivity index (χ1v) is 7.98. The van der Waals surface area contributed by atoms with Crippen molar-refractivity contribution in [3.63, 3.8) is 0 Å². The molecule has 1 fully saturated rings. The molecular weight excluding hydrogens is 286 g/mol. The van der Waals surface area contributed by atoms with Crippen molar-refractivity contribution in [2.24, 2.45) is 7.05 Å². The second-order valence-corrected chi connectivity index (χ2v) is 6.10. The maximum absolute atomic E-state index is 6.40. The van der Waals surface area contributed by atoms with E-state index in [0.29, 0.717) is 5.92 Å². The van der Waals surface area contributed by atoms with Crippen LogP contribution in [0.4, 0.5) is 0 Å². The van der Waals surface area contributed by atoms with E-state index >= 15 is 0 Å². The molecule has 0 radical (unpaired) electrons. The molecule has 0 aromatic carbocycles. The van der Waals surface area contributed by atoms with E-state index in [4.69, 9.17) is 11.6 Å². The highest BCUT2D eigenvalue weighted by molar-refractivity contribution is 6.30. The van der Waals surface area contributed by atoms with E-state index in [0.717, 1.165) is 42.7 Å². The molecule has 0 bridgehead atoms. The highest BCUT2D eigenvalue weighted by Crippen LogP contribution is 2.28. The van der Waals surface area contributed by atoms with Gasteiger partial charge in [0.25, 0.3) is 0 Å². The van der Waals surface area contributed by atoms with Gasteiger partial charge in [0.2, 0.25) is 0 Å². The van der Waals surface area contributed by atoms with Crippen LogP contribution in [-0.2, 0) is 20.0 Å². The third-order valence-corrected chi connectivity index (χ3v) is 4.75. The van der Waals surface area contributed by atoms with E-state index in [1.807, 2.05) is 19.4 Å². The van der Waals surface area contributed by atoms with Gasteiger partial charge in [0, 0.05) is 44.0 Å². The molecule has 21 heavy (non-hydrogen) atoms. The summed E-state index contributed by atoms with van der Waals surface area (Å²) >= 11 is 6.40. The zero-order chi connectivity index (χ0) is 14.8. The van der Waals surface area contributed by atoms with E-state index in [2.05, 4.69) is 26.9 Å². The average Bonchev–Trinajstić information content (AvgIpc) is 3.12. The average molecular weight is 308 g/mol. The number of aromatic nitrogens is 4. The Labute approximate surface area is 130 Å². The lowest BCUT2D eigenvalue weighted by Gasteiger charge is -2.31. The lowest BCUT2D eigenvalue weighted by atomic mass is 9.97. The summed E-state index contributed by atoms with van der Waals surface area (Å²) < 4.78 is 1.78. The molecular formula is C15H22ClN5. The SMILES string of the molecule is CCc1nn(C)c(Cl)c1CN1CCCC(c2ncc[nH]2)C1. The van der Waals surface area contributed by atoms with Crippen LogP contribution in [-0.4, -0.2) is 37.7 Å². The number of imidazole rings is 1. The summed E-state index contributed by atoms with van der Waals surface area (Å²) in [6, 6.07) is 0. The first-order chi connectivity index (χ1) is 10.2. The Balaban J connectivity index is 1.73. The Morgan fingerprint density at radius 1 is 1.48 bits per heavy atom. The van der Waals surface area contributed by atoms with E-state index in [1.54, 1.807) is 4.68 Å². The standard InChI is InChI=1S/C15H22ClN5/c1-3-13-12(14(16)20(2)19-13)10-21-8-4-5-11(9-21)15-17-6-7-18-15/h6-7,11H,3-5,8-10H2,1-2H3,(H,17,18). The molecule has 1 N–H and O–H groups in total. The molecule has 6 heteroatoms. The number of nitrogens with zero attached hydrogens (tertiary/aromatic N) is 4. The fourth-order valence-electron chi connectivity index (χ4n) is 3.19. The molecule has 0 spiro atoms. The van der Waals surface area contributed by atoms with Crippen LogP contribution >= 0.6 is 11.6 Å². The third-order valence-electron chi connectivity index (χ3n) is 4.28. The fourth-order valence-corrected chi connectivity index (χ4v) is 3.39. The van der Waals surface area contributed by atoms with Crippen molar-refractivity contribution >= 4 is 11.6 Å².